The van der Waals surface area contributed by atoms with Crippen LogP contribution < -0.4 is 5.32 Å². The van der Waals surface area contributed by atoms with Crippen molar-refractivity contribution < 1.29 is 5.11 Å². The van der Waals surface area contributed by atoms with Gasteiger partial charge in [0.2, 0.25) is 0 Å². The van der Waals surface area contributed by atoms with Gasteiger partial charge in [0.1, 0.15) is 0 Å². The molecule has 2 aliphatic rings. The molecule has 1 aliphatic carbocycles. The zero-order valence-corrected chi connectivity index (χ0v) is 11.9. The second kappa shape index (κ2) is 7.46. The topological polar surface area (TPSA) is 35.5 Å². The van der Waals surface area contributed by atoms with Gasteiger partial charge in [-0.15, -0.1) is 0 Å². The molecule has 18 heavy (non-hydrogen) atoms. The number of aliphatic hydroxyl groups excluding tert-OH is 1. The van der Waals surface area contributed by atoms with E-state index >= 15 is 0 Å². The third-order valence-corrected chi connectivity index (χ3v) is 4.49. The van der Waals surface area contributed by atoms with E-state index in [0.29, 0.717) is 12.6 Å². The van der Waals surface area contributed by atoms with Crippen molar-refractivity contribution in [2.45, 2.75) is 51.5 Å². The van der Waals surface area contributed by atoms with Crippen LogP contribution in [-0.2, 0) is 0 Å². The number of rotatable bonds is 6. The van der Waals surface area contributed by atoms with E-state index in [4.69, 9.17) is 5.11 Å². The van der Waals surface area contributed by atoms with Crippen molar-refractivity contribution in [1.82, 2.24) is 10.2 Å². The fourth-order valence-corrected chi connectivity index (χ4v) is 3.70. The van der Waals surface area contributed by atoms with Crippen LogP contribution in [0, 0.1) is 11.8 Å². The Hall–Kier alpha value is -0.120. The highest BCUT2D eigenvalue weighted by Crippen LogP contribution is 2.27. The molecule has 3 nitrogen and oxygen atoms in total. The lowest BCUT2D eigenvalue weighted by Gasteiger charge is -2.38. The van der Waals surface area contributed by atoms with Crippen molar-refractivity contribution in [2.75, 3.05) is 32.8 Å². The Balaban J connectivity index is 1.72. The first-order chi connectivity index (χ1) is 8.78. The molecule has 0 amide bonds. The van der Waals surface area contributed by atoms with Crippen LogP contribution in [0.3, 0.4) is 0 Å². The van der Waals surface area contributed by atoms with E-state index in [0.717, 1.165) is 24.8 Å². The summed E-state index contributed by atoms with van der Waals surface area (Å²) in [4.78, 5) is 2.68. The molecule has 0 spiro atoms. The molecule has 106 valence electrons. The van der Waals surface area contributed by atoms with Gasteiger partial charge in [-0.05, 0) is 44.1 Å². The molecule has 1 saturated heterocycles. The number of piperidine rings is 1. The van der Waals surface area contributed by atoms with Crippen LogP contribution in [0.2, 0.25) is 0 Å². The van der Waals surface area contributed by atoms with Crippen LogP contribution in [0.4, 0.5) is 0 Å². The summed E-state index contributed by atoms with van der Waals surface area (Å²) in [6.45, 7) is 7.47. The number of likely N-dealkylation sites (tertiary alicyclic amines) is 1. The van der Waals surface area contributed by atoms with Gasteiger partial charge in [0.25, 0.3) is 0 Å². The number of hydrogen-bond acceptors (Lipinski definition) is 3. The van der Waals surface area contributed by atoms with Gasteiger partial charge in [-0.25, -0.2) is 0 Å². The van der Waals surface area contributed by atoms with Crippen molar-refractivity contribution in [1.29, 1.82) is 0 Å². The van der Waals surface area contributed by atoms with Crippen LogP contribution in [0.5, 0.6) is 0 Å². The molecule has 2 atom stereocenters. The maximum Gasteiger partial charge on any atom is 0.0443 e. The van der Waals surface area contributed by atoms with E-state index in [1.54, 1.807) is 0 Å². The molecule has 1 heterocycles. The van der Waals surface area contributed by atoms with E-state index < -0.39 is 0 Å². The van der Waals surface area contributed by atoms with Crippen molar-refractivity contribution in [3.05, 3.63) is 0 Å². The second-order valence-corrected chi connectivity index (χ2v) is 6.44. The molecule has 3 heteroatoms. The van der Waals surface area contributed by atoms with Gasteiger partial charge in [0.05, 0.1) is 0 Å². The van der Waals surface area contributed by atoms with Crippen LogP contribution in [-0.4, -0.2) is 48.8 Å². The Kier molecular flexibility index (Phi) is 5.93. The molecule has 1 aliphatic heterocycles. The van der Waals surface area contributed by atoms with Crippen molar-refractivity contribution >= 4 is 0 Å². The molecule has 1 saturated carbocycles. The summed E-state index contributed by atoms with van der Waals surface area (Å²) in [6, 6.07) is 0.640. The minimum atomic E-state index is 0.307. The fourth-order valence-electron chi connectivity index (χ4n) is 3.70. The van der Waals surface area contributed by atoms with Crippen LogP contribution in [0.15, 0.2) is 0 Å². The highest BCUT2D eigenvalue weighted by Gasteiger charge is 2.26. The van der Waals surface area contributed by atoms with E-state index in [-0.39, 0.29) is 0 Å². The number of nitrogens with one attached hydrogen (secondary N) is 1. The zero-order valence-electron chi connectivity index (χ0n) is 11.9. The first-order valence-electron chi connectivity index (χ1n) is 7.84. The van der Waals surface area contributed by atoms with Gasteiger partial charge in [0.15, 0.2) is 0 Å². The van der Waals surface area contributed by atoms with E-state index in [9.17, 15) is 0 Å². The average molecular weight is 254 g/mol. The Labute approximate surface area is 112 Å². The fraction of sp³-hybridized carbons (Fsp3) is 1.00. The SMILES string of the molecule is CC1CC(NCCCO)CN(CC2CCCC2)C1. The minimum Gasteiger partial charge on any atom is -0.396 e. The normalized spacial score (nSPS) is 31.0. The molecule has 2 N–H and O–H groups in total. The van der Waals surface area contributed by atoms with Gasteiger partial charge in [-0.3, -0.25) is 0 Å². The molecule has 2 unspecified atom stereocenters. The smallest absolute Gasteiger partial charge is 0.0443 e. The monoisotopic (exact) mass is 254 g/mol. The Morgan fingerprint density at radius 1 is 1.22 bits per heavy atom. The summed E-state index contributed by atoms with van der Waals surface area (Å²) in [6.07, 6.45) is 7.99. The van der Waals surface area contributed by atoms with Gasteiger partial charge in [-0.1, -0.05) is 19.8 Å². The van der Waals surface area contributed by atoms with Gasteiger partial charge in [0, 0.05) is 32.3 Å². The Bertz CT molecular complexity index is 229. The molecule has 0 aromatic rings. The molecule has 0 radical (unpaired) electrons. The Morgan fingerprint density at radius 3 is 2.72 bits per heavy atom. The van der Waals surface area contributed by atoms with Crippen LogP contribution in [0.1, 0.15) is 45.4 Å². The van der Waals surface area contributed by atoms with Crippen LogP contribution in [0.25, 0.3) is 0 Å². The predicted molar refractivity (Wildman–Crippen MR) is 75.7 cm³/mol. The van der Waals surface area contributed by atoms with Crippen molar-refractivity contribution in [3.63, 3.8) is 0 Å². The summed E-state index contributed by atoms with van der Waals surface area (Å²) in [5.41, 5.74) is 0. The van der Waals surface area contributed by atoms with Crippen LogP contribution >= 0.6 is 0 Å². The number of nitrogens with zero attached hydrogens (tertiary/aromatic N) is 1. The summed E-state index contributed by atoms with van der Waals surface area (Å²) in [7, 11) is 0. The second-order valence-electron chi connectivity index (χ2n) is 6.44. The Morgan fingerprint density at radius 2 is 2.00 bits per heavy atom. The quantitative estimate of drug-likeness (QED) is 0.710. The lowest BCUT2D eigenvalue weighted by Crippen LogP contribution is -2.50. The summed E-state index contributed by atoms with van der Waals surface area (Å²) in [5, 5.41) is 12.4. The molecular formula is C15H30N2O. The molecule has 0 bridgehead atoms. The highest BCUT2D eigenvalue weighted by molar-refractivity contribution is 4.83. The molecule has 0 aromatic heterocycles. The van der Waals surface area contributed by atoms with E-state index in [1.165, 1.54) is 51.7 Å². The minimum absolute atomic E-state index is 0.307. The number of hydrogen-bond donors (Lipinski definition) is 2. The molecule has 2 fully saturated rings. The first kappa shape index (κ1) is 14.3. The lowest BCUT2D eigenvalue weighted by molar-refractivity contribution is 0.129. The highest BCUT2D eigenvalue weighted by atomic mass is 16.3. The number of aliphatic hydroxyl groups is 1. The average Bonchev–Trinajstić information content (AvgIpc) is 2.81. The van der Waals surface area contributed by atoms with Crippen molar-refractivity contribution in [2.24, 2.45) is 11.8 Å². The molecular weight excluding hydrogens is 224 g/mol. The van der Waals surface area contributed by atoms with Gasteiger partial charge in [-0.2, -0.15) is 0 Å². The summed E-state index contributed by atoms with van der Waals surface area (Å²) in [5.74, 6) is 1.78. The zero-order chi connectivity index (χ0) is 12.8. The standard InChI is InChI=1S/C15H30N2O/c1-13-9-15(16-7-4-8-18)12-17(10-13)11-14-5-2-3-6-14/h13-16,18H,2-12H2,1H3. The molecule has 0 aromatic carbocycles. The summed E-state index contributed by atoms with van der Waals surface area (Å²) < 4.78 is 0. The van der Waals surface area contributed by atoms with Crippen molar-refractivity contribution in [3.8, 4) is 0 Å². The largest absolute Gasteiger partial charge is 0.396 e. The summed E-state index contributed by atoms with van der Waals surface area (Å²) >= 11 is 0. The van der Waals surface area contributed by atoms with E-state index in [1.807, 2.05) is 0 Å². The first-order valence-corrected chi connectivity index (χ1v) is 7.84. The van der Waals surface area contributed by atoms with Gasteiger partial charge >= 0.3 is 0 Å². The lowest BCUT2D eigenvalue weighted by atomic mass is 9.94. The van der Waals surface area contributed by atoms with E-state index in [2.05, 4.69) is 17.1 Å². The maximum atomic E-state index is 8.84. The van der Waals surface area contributed by atoms with Gasteiger partial charge < -0.3 is 15.3 Å². The third kappa shape index (κ3) is 4.52. The molecule has 2 rings (SSSR count). The third-order valence-electron chi connectivity index (χ3n) is 4.49. The maximum absolute atomic E-state index is 8.84. The predicted octanol–water partition coefficient (Wildman–Crippen LogP) is 1.86.